The van der Waals surface area contributed by atoms with E-state index in [4.69, 9.17) is 4.74 Å². The first-order valence-corrected chi connectivity index (χ1v) is 7.18. The second kappa shape index (κ2) is 4.97. The zero-order valence-corrected chi connectivity index (χ0v) is 12.2. The summed E-state index contributed by atoms with van der Waals surface area (Å²) in [6.45, 7) is 5.95. The van der Waals surface area contributed by atoms with Crippen LogP contribution in [-0.2, 0) is 0 Å². The van der Waals surface area contributed by atoms with Gasteiger partial charge in [-0.15, -0.1) is 0 Å². The number of likely N-dealkylation sites (N-methyl/N-ethyl adjacent to an activating group) is 1. The lowest BCUT2D eigenvalue weighted by atomic mass is 10.2. The number of rotatable bonds is 1. The van der Waals surface area contributed by atoms with Crippen molar-refractivity contribution in [3.05, 3.63) is 16.6 Å². The van der Waals surface area contributed by atoms with Gasteiger partial charge in [0.05, 0.1) is 16.7 Å². The molecule has 1 fully saturated rings. The largest absolute Gasteiger partial charge is 0.488 e. The molecule has 2 aliphatic rings. The third-order valence-corrected chi connectivity index (χ3v) is 4.16. The van der Waals surface area contributed by atoms with Gasteiger partial charge in [0.1, 0.15) is 6.61 Å². The summed E-state index contributed by atoms with van der Waals surface area (Å²) >= 11 is 3.63. The van der Waals surface area contributed by atoms with Gasteiger partial charge in [-0.3, -0.25) is 0 Å². The van der Waals surface area contributed by atoms with Gasteiger partial charge in [0.2, 0.25) is 0 Å². The fraction of sp³-hybridized carbons (Fsp3) is 0.538. The fourth-order valence-corrected chi connectivity index (χ4v) is 3.05. The summed E-state index contributed by atoms with van der Waals surface area (Å²) in [6, 6.07) is 4.41. The molecule has 0 aliphatic carbocycles. The molecule has 1 N–H and O–H groups in total. The lowest BCUT2D eigenvalue weighted by Crippen LogP contribution is -2.43. The number of nitrogens with zero attached hydrogens (tertiary/aromatic N) is 2. The Hall–Kier alpha value is -0.940. The molecule has 1 saturated heterocycles. The minimum Gasteiger partial charge on any atom is -0.488 e. The first kappa shape index (κ1) is 12.1. The third-order valence-electron chi connectivity index (χ3n) is 3.58. The first-order chi connectivity index (χ1) is 8.75. The molecule has 1 aromatic rings. The summed E-state index contributed by atoms with van der Waals surface area (Å²) in [5.74, 6) is 0.975. The Kier molecular flexibility index (Phi) is 3.35. The molecule has 1 aromatic carbocycles. The standard InChI is InChI=1S/C13H18BrN3O/c1-16-6-7-18-13-11(14)8-10(9-12(13)16)17-4-2-15-3-5-17/h8-9,15H,2-7H2,1H3. The molecular weight excluding hydrogens is 294 g/mol. The molecular formula is C13H18BrN3O. The van der Waals surface area contributed by atoms with Crippen molar-refractivity contribution in [2.45, 2.75) is 0 Å². The topological polar surface area (TPSA) is 27.7 Å². The number of nitrogens with one attached hydrogen (secondary N) is 1. The summed E-state index contributed by atoms with van der Waals surface area (Å²) in [6.07, 6.45) is 0. The van der Waals surface area contributed by atoms with Crippen LogP contribution in [0.5, 0.6) is 5.75 Å². The van der Waals surface area contributed by atoms with Crippen molar-refractivity contribution in [1.29, 1.82) is 0 Å². The van der Waals surface area contributed by atoms with Crippen LogP contribution in [0.3, 0.4) is 0 Å². The Morgan fingerprint density at radius 3 is 2.78 bits per heavy atom. The minimum atomic E-state index is 0.759. The van der Waals surface area contributed by atoms with Crippen LogP contribution < -0.4 is 19.9 Å². The van der Waals surface area contributed by atoms with Gasteiger partial charge >= 0.3 is 0 Å². The van der Waals surface area contributed by atoms with E-state index in [1.807, 2.05) is 0 Å². The number of fused-ring (bicyclic) bond motifs is 1. The van der Waals surface area contributed by atoms with E-state index in [1.165, 1.54) is 11.4 Å². The second-order valence-corrected chi connectivity index (χ2v) is 5.64. The molecule has 0 spiro atoms. The molecule has 0 aromatic heterocycles. The molecule has 0 saturated carbocycles. The lowest BCUT2D eigenvalue weighted by molar-refractivity contribution is 0.309. The van der Waals surface area contributed by atoms with Gasteiger partial charge in [-0.2, -0.15) is 0 Å². The van der Waals surface area contributed by atoms with E-state index >= 15 is 0 Å². The van der Waals surface area contributed by atoms with E-state index in [9.17, 15) is 0 Å². The average Bonchev–Trinajstić information content (AvgIpc) is 2.41. The van der Waals surface area contributed by atoms with Crippen molar-refractivity contribution in [3.8, 4) is 5.75 Å². The molecule has 2 heterocycles. The summed E-state index contributed by atoms with van der Waals surface area (Å²) < 4.78 is 6.80. The van der Waals surface area contributed by atoms with Gasteiger partial charge < -0.3 is 19.9 Å². The number of hydrogen-bond acceptors (Lipinski definition) is 4. The maximum absolute atomic E-state index is 5.75. The number of ether oxygens (including phenoxy) is 1. The Balaban J connectivity index is 1.96. The van der Waals surface area contributed by atoms with Crippen molar-refractivity contribution >= 4 is 27.3 Å². The van der Waals surface area contributed by atoms with E-state index in [1.54, 1.807) is 0 Å². The highest BCUT2D eigenvalue weighted by Gasteiger charge is 2.21. The highest BCUT2D eigenvalue weighted by molar-refractivity contribution is 9.10. The number of piperazine rings is 1. The summed E-state index contributed by atoms with van der Waals surface area (Å²) in [5.41, 5.74) is 2.46. The third kappa shape index (κ3) is 2.17. The van der Waals surface area contributed by atoms with Crippen LogP contribution in [0.15, 0.2) is 16.6 Å². The molecule has 98 valence electrons. The molecule has 0 bridgehead atoms. The van der Waals surface area contributed by atoms with Crippen LogP contribution in [0.4, 0.5) is 11.4 Å². The fourth-order valence-electron chi connectivity index (χ4n) is 2.50. The smallest absolute Gasteiger partial charge is 0.156 e. The normalized spacial score (nSPS) is 19.4. The Bertz CT molecular complexity index is 446. The average molecular weight is 312 g/mol. The van der Waals surface area contributed by atoms with Gasteiger partial charge in [0.15, 0.2) is 5.75 Å². The zero-order valence-electron chi connectivity index (χ0n) is 10.6. The van der Waals surface area contributed by atoms with Crippen molar-refractivity contribution in [2.75, 3.05) is 56.2 Å². The highest BCUT2D eigenvalue weighted by atomic mass is 79.9. The lowest BCUT2D eigenvalue weighted by Gasteiger charge is -2.33. The Labute approximate surface area is 116 Å². The van der Waals surface area contributed by atoms with E-state index in [0.717, 1.165) is 49.6 Å². The van der Waals surface area contributed by atoms with Gasteiger partial charge in [-0.05, 0) is 28.1 Å². The molecule has 0 amide bonds. The molecule has 3 rings (SSSR count). The molecule has 0 radical (unpaired) electrons. The number of hydrogen-bond donors (Lipinski definition) is 1. The van der Waals surface area contributed by atoms with Crippen LogP contribution in [0.1, 0.15) is 0 Å². The molecule has 4 nitrogen and oxygen atoms in total. The maximum Gasteiger partial charge on any atom is 0.156 e. The maximum atomic E-state index is 5.75. The van der Waals surface area contributed by atoms with Crippen LogP contribution in [0.2, 0.25) is 0 Å². The monoisotopic (exact) mass is 311 g/mol. The minimum absolute atomic E-state index is 0.759. The number of anilines is 2. The number of halogens is 1. The quantitative estimate of drug-likeness (QED) is 0.854. The van der Waals surface area contributed by atoms with E-state index in [-0.39, 0.29) is 0 Å². The van der Waals surface area contributed by atoms with Gasteiger partial charge in [-0.1, -0.05) is 0 Å². The van der Waals surface area contributed by atoms with Crippen LogP contribution >= 0.6 is 15.9 Å². The second-order valence-electron chi connectivity index (χ2n) is 4.78. The molecule has 18 heavy (non-hydrogen) atoms. The van der Waals surface area contributed by atoms with Crippen molar-refractivity contribution in [3.63, 3.8) is 0 Å². The summed E-state index contributed by atoms with van der Waals surface area (Å²) in [7, 11) is 2.12. The molecule has 2 aliphatic heterocycles. The summed E-state index contributed by atoms with van der Waals surface area (Å²) in [4.78, 5) is 4.68. The predicted octanol–water partition coefficient (Wildman–Crippen LogP) is 1.69. The summed E-state index contributed by atoms with van der Waals surface area (Å²) in [5, 5.41) is 3.38. The predicted molar refractivity (Wildman–Crippen MR) is 78.0 cm³/mol. The highest BCUT2D eigenvalue weighted by Crippen LogP contribution is 2.41. The van der Waals surface area contributed by atoms with E-state index in [0.29, 0.717) is 0 Å². The van der Waals surface area contributed by atoms with Crippen molar-refractivity contribution < 1.29 is 4.74 Å². The van der Waals surface area contributed by atoms with Crippen LogP contribution in [0.25, 0.3) is 0 Å². The van der Waals surface area contributed by atoms with Crippen LogP contribution in [-0.4, -0.2) is 46.4 Å². The molecule has 0 atom stereocenters. The SMILES string of the molecule is CN1CCOc2c(Br)cc(N3CCNCC3)cc21. The Morgan fingerprint density at radius 2 is 2.00 bits per heavy atom. The number of benzene rings is 1. The van der Waals surface area contributed by atoms with Gasteiger partial charge in [-0.25, -0.2) is 0 Å². The van der Waals surface area contributed by atoms with Crippen LogP contribution in [0, 0.1) is 0 Å². The first-order valence-electron chi connectivity index (χ1n) is 6.39. The van der Waals surface area contributed by atoms with Gasteiger partial charge in [0.25, 0.3) is 0 Å². The zero-order chi connectivity index (χ0) is 12.5. The van der Waals surface area contributed by atoms with E-state index < -0.39 is 0 Å². The Morgan fingerprint density at radius 1 is 1.22 bits per heavy atom. The van der Waals surface area contributed by atoms with Crippen molar-refractivity contribution in [2.24, 2.45) is 0 Å². The van der Waals surface area contributed by atoms with Crippen molar-refractivity contribution in [1.82, 2.24) is 5.32 Å². The molecule has 5 heteroatoms. The molecule has 0 unspecified atom stereocenters. The van der Waals surface area contributed by atoms with E-state index in [2.05, 4.69) is 50.2 Å². The van der Waals surface area contributed by atoms with Gasteiger partial charge in [0, 0.05) is 38.9 Å².